The molecule has 0 spiro atoms. The molecule has 1 N–H and O–H groups in total. The van der Waals surface area contributed by atoms with Crippen molar-refractivity contribution in [2.24, 2.45) is 17.8 Å². The third-order valence-electron chi connectivity index (χ3n) is 3.80. The van der Waals surface area contributed by atoms with E-state index >= 15 is 0 Å². The zero-order valence-electron chi connectivity index (χ0n) is 10.4. The molecule has 2 amide bonds. The lowest BCUT2D eigenvalue weighted by molar-refractivity contribution is -0.139. The molecule has 0 radical (unpaired) electrons. The summed E-state index contributed by atoms with van der Waals surface area (Å²) >= 11 is 0. The van der Waals surface area contributed by atoms with Gasteiger partial charge in [-0.1, -0.05) is 6.92 Å². The molecule has 2 unspecified atom stereocenters. The van der Waals surface area contributed by atoms with Gasteiger partial charge in [0.2, 0.25) is 0 Å². The van der Waals surface area contributed by atoms with Crippen LogP contribution in [0.15, 0.2) is 0 Å². The van der Waals surface area contributed by atoms with Gasteiger partial charge in [0.15, 0.2) is 0 Å². The van der Waals surface area contributed by atoms with Crippen molar-refractivity contribution in [3.63, 3.8) is 0 Å². The molecule has 0 aromatic carbocycles. The lowest BCUT2D eigenvalue weighted by atomic mass is 9.97. The van der Waals surface area contributed by atoms with E-state index in [9.17, 15) is 9.59 Å². The van der Waals surface area contributed by atoms with Gasteiger partial charge in [0, 0.05) is 32.6 Å². The van der Waals surface area contributed by atoms with E-state index in [1.807, 2.05) is 7.05 Å². The Morgan fingerprint density at radius 2 is 2.00 bits per heavy atom. The van der Waals surface area contributed by atoms with Crippen molar-refractivity contribution < 1.29 is 14.7 Å². The molecule has 17 heavy (non-hydrogen) atoms. The molecule has 5 heteroatoms. The zero-order valence-corrected chi connectivity index (χ0v) is 10.4. The third kappa shape index (κ3) is 2.90. The summed E-state index contributed by atoms with van der Waals surface area (Å²) < 4.78 is 0. The number of hydrogen-bond acceptors (Lipinski definition) is 2. The van der Waals surface area contributed by atoms with Gasteiger partial charge in [0.05, 0.1) is 6.42 Å². The van der Waals surface area contributed by atoms with Crippen LogP contribution in [0, 0.1) is 17.8 Å². The number of carboxylic acids is 1. The molecule has 1 saturated heterocycles. The molecule has 0 bridgehead atoms. The van der Waals surface area contributed by atoms with E-state index in [2.05, 4.69) is 6.92 Å². The van der Waals surface area contributed by atoms with Gasteiger partial charge in [-0.2, -0.15) is 0 Å². The van der Waals surface area contributed by atoms with E-state index in [0.29, 0.717) is 19.0 Å². The molecule has 5 nitrogen and oxygen atoms in total. The quantitative estimate of drug-likeness (QED) is 0.800. The van der Waals surface area contributed by atoms with Crippen LogP contribution in [-0.2, 0) is 4.79 Å². The van der Waals surface area contributed by atoms with Gasteiger partial charge in [-0.25, -0.2) is 4.79 Å². The Kier molecular flexibility index (Phi) is 3.26. The van der Waals surface area contributed by atoms with Crippen LogP contribution in [0.2, 0.25) is 0 Å². The fraction of sp³-hybridized carbons (Fsp3) is 0.833. The summed E-state index contributed by atoms with van der Waals surface area (Å²) in [6, 6.07) is 0.0470. The fourth-order valence-electron chi connectivity index (χ4n) is 2.43. The number of amides is 2. The summed E-state index contributed by atoms with van der Waals surface area (Å²) in [5.41, 5.74) is 0. The first-order valence-corrected chi connectivity index (χ1v) is 6.19. The first-order valence-electron chi connectivity index (χ1n) is 6.19. The standard InChI is InChI=1S/C12H20N2O3/c1-8-3-10(8)7-13(2)12(17)14-5-9(6-14)4-11(15)16/h8-10H,3-7H2,1-2H3,(H,15,16). The van der Waals surface area contributed by atoms with Crippen molar-refractivity contribution >= 4 is 12.0 Å². The fourth-order valence-corrected chi connectivity index (χ4v) is 2.43. The number of carbonyl (C=O) groups is 2. The number of aliphatic carboxylic acids is 1. The summed E-state index contributed by atoms with van der Waals surface area (Å²) in [6.45, 7) is 4.22. The number of carboxylic acid groups (broad SMARTS) is 1. The number of carbonyl (C=O) groups excluding carboxylic acids is 1. The maximum atomic E-state index is 11.9. The molecule has 2 rings (SSSR count). The second-order valence-corrected chi connectivity index (χ2v) is 5.51. The monoisotopic (exact) mass is 240 g/mol. The molecule has 0 aromatic rings. The molecule has 96 valence electrons. The van der Waals surface area contributed by atoms with Crippen molar-refractivity contribution in [3.05, 3.63) is 0 Å². The Morgan fingerprint density at radius 3 is 2.47 bits per heavy atom. The van der Waals surface area contributed by atoms with Crippen molar-refractivity contribution in [3.8, 4) is 0 Å². The predicted octanol–water partition coefficient (Wildman–Crippen LogP) is 1.10. The van der Waals surface area contributed by atoms with E-state index in [1.165, 1.54) is 6.42 Å². The first kappa shape index (κ1) is 12.2. The average molecular weight is 240 g/mol. The van der Waals surface area contributed by atoms with Crippen LogP contribution in [0.5, 0.6) is 0 Å². The Balaban J connectivity index is 1.69. The Bertz CT molecular complexity index is 326. The summed E-state index contributed by atoms with van der Waals surface area (Å²) in [5.74, 6) is 0.786. The Labute approximate surface area is 101 Å². The van der Waals surface area contributed by atoms with Gasteiger partial charge >= 0.3 is 12.0 Å². The zero-order chi connectivity index (χ0) is 12.6. The highest BCUT2D eigenvalue weighted by molar-refractivity contribution is 5.75. The predicted molar refractivity (Wildman–Crippen MR) is 62.6 cm³/mol. The molecule has 1 saturated carbocycles. The molecule has 1 aliphatic heterocycles. The highest BCUT2D eigenvalue weighted by Gasteiger charge is 2.37. The van der Waals surface area contributed by atoms with Crippen molar-refractivity contribution in [1.29, 1.82) is 0 Å². The highest BCUT2D eigenvalue weighted by atomic mass is 16.4. The molecule has 1 heterocycles. The van der Waals surface area contributed by atoms with E-state index in [-0.39, 0.29) is 18.4 Å². The smallest absolute Gasteiger partial charge is 0.319 e. The largest absolute Gasteiger partial charge is 0.481 e. The van der Waals surface area contributed by atoms with E-state index in [0.717, 1.165) is 12.5 Å². The number of hydrogen-bond donors (Lipinski definition) is 1. The van der Waals surface area contributed by atoms with Gasteiger partial charge in [0.1, 0.15) is 0 Å². The van der Waals surface area contributed by atoms with Crippen molar-refractivity contribution in [1.82, 2.24) is 9.80 Å². The average Bonchev–Trinajstić information content (AvgIpc) is 2.86. The van der Waals surface area contributed by atoms with Crippen molar-refractivity contribution in [2.45, 2.75) is 19.8 Å². The van der Waals surface area contributed by atoms with Gasteiger partial charge in [-0.05, 0) is 18.3 Å². The van der Waals surface area contributed by atoms with Crippen LogP contribution in [0.1, 0.15) is 19.8 Å². The maximum Gasteiger partial charge on any atom is 0.319 e. The number of nitrogens with zero attached hydrogens (tertiary/aromatic N) is 2. The second-order valence-electron chi connectivity index (χ2n) is 5.51. The molecule has 2 atom stereocenters. The van der Waals surface area contributed by atoms with Crippen LogP contribution < -0.4 is 0 Å². The van der Waals surface area contributed by atoms with Crippen LogP contribution in [-0.4, -0.2) is 53.6 Å². The second kappa shape index (κ2) is 4.55. The minimum atomic E-state index is -0.776. The molecular formula is C12H20N2O3. The van der Waals surface area contributed by atoms with Crippen LogP contribution in [0.25, 0.3) is 0 Å². The lowest BCUT2D eigenvalue weighted by Gasteiger charge is -2.40. The Hall–Kier alpha value is -1.26. The number of rotatable bonds is 4. The third-order valence-corrected chi connectivity index (χ3v) is 3.80. The van der Waals surface area contributed by atoms with E-state index in [1.54, 1.807) is 9.80 Å². The van der Waals surface area contributed by atoms with Crippen molar-refractivity contribution in [2.75, 3.05) is 26.7 Å². The highest BCUT2D eigenvalue weighted by Crippen LogP contribution is 2.38. The van der Waals surface area contributed by atoms with Crippen LogP contribution in [0.4, 0.5) is 4.79 Å². The van der Waals surface area contributed by atoms with Gasteiger partial charge in [-0.15, -0.1) is 0 Å². The van der Waals surface area contributed by atoms with Gasteiger partial charge in [-0.3, -0.25) is 4.79 Å². The SMILES string of the molecule is CC1CC1CN(C)C(=O)N1CC(CC(=O)O)C1. The summed E-state index contributed by atoms with van der Waals surface area (Å²) in [4.78, 5) is 25.9. The molecule has 2 fully saturated rings. The van der Waals surface area contributed by atoms with E-state index < -0.39 is 5.97 Å². The molecular weight excluding hydrogens is 220 g/mol. The van der Waals surface area contributed by atoms with Gasteiger partial charge < -0.3 is 14.9 Å². The normalized spacial score (nSPS) is 27.5. The van der Waals surface area contributed by atoms with Gasteiger partial charge in [0.25, 0.3) is 0 Å². The van der Waals surface area contributed by atoms with E-state index in [4.69, 9.17) is 5.11 Å². The first-order chi connectivity index (χ1) is 7.97. The van der Waals surface area contributed by atoms with Crippen LogP contribution >= 0.6 is 0 Å². The minimum absolute atomic E-state index is 0.0470. The maximum absolute atomic E-state index is 11.9. The molecule has 2 aliphatic rings. The summed E-state index contributed by atoms with van der Waals surface area (Å²) in [7, 11) is 1.83. The van der Waals surface area contributed by atoms with Crippen LogP contribution in [0.3, 0.4) is 0 Å². The number of urea groups is 1. The molecule has 0 aromatic heterocycles. The Morgan fingerprint density at radius 1 is 1.41 bits per heavy atom. The topological polar surface area (TPSA) is 60.9 Å². The molecule has 1 aliphatic carbocycles. The summed E-state index contributed by atoms with van der Waals surface area (Å²) in [5, 5.41) is 8.63. The summed E-state index contributed by atoms with van der Waals surface area (Å²) in [6.07, 6.45) is 1.40. The minimum Gasteiger partial charge on any atom is -0.481 e. The lowest BCUT2D eigenvalue weighted by Crippen LogP contribution is -2.54. The number of likely N-dealkylation sites (tertiary alicyclic amines) is 1.